The fourth-order valence-corrected chi connectivity index (χ4v) is 3.44. The van der Waals surface area contributed by atoms with Gasteiger partial charge in [-0.05, 0) is 77.2 Å². The van der Waals surface area contributed by atoms with Gasteiger partial charge in [0, 0.05) is 14.8 Å². The molecule has 0 fully saturated rings. The molecule has 0 aliphatic carbocycles. The van der Waals surface area contributed by atoms with E-state index in [-0.39, 0.29) is 5.91 Å². The number of halogens is 2. The van der Waals surface area contributed by atoms with Crippen LogP contribution in [0.5, 0.6) is 5.75 Å². The average Bonchev–Trinajstić information content (AvgIpc) is 3.13. The first-order chi connectivity index (χ1) is 13.5. The highest BCUT2D eigenvalue weighted by Crippen LogP contribution is 2.32. The Morgan fingerprint density at radius 2 is 2.00 bits per heavy atom. The van der Waals surface area contributed by atoms with E-state index in [0.717, 1.165) is 9.13 Å². The fourth-order valence-electron chi connectivity index (χ4n) is 2.75. The number of nitrogens with zero attached hydrogens (tertiary/aromatic N) is 1. The summed E-state index contributed by atoms with van der Waals surface area (Å²) in [4.78, 5) is 17.0. The van der Waals surface area contributed by atoms with Gasteiger partial charge in [-0.3, -0.25) is 4.79 Å². The first kappa shape index (κ1) is 18.8. The Balaban J connectivity index is 1.63. The number of methoxy groups -OCH3 is 1. The standard InChI is InChI=1S/C21H14ClIN2O3/c1-27-15-4-2-3-12(9-15)20(26)24-14-6-8-19-18(11-14)25-21(28-19)16-10-13(23)5-7-17(16)22/h2-11H,1H3,(H,24,26). The Labute approximate surface area is 179 Å². The summed E-state index contributed by atoms with van der Waals surface area (Å²) in [5, 5.41) is 3.44. The summed E-state index contributed by atoms with van der Waals surface area (Å²) in [6, 6.07) is 17.9. The molecule has 4 rings (SSSR count). The maximum Gasteiger partial charge on any atom is 0.255 e. The monoisotopic (exact) mass is 504 g/mol. The SMILES string of the molecule is COc1cccc(C(=O)Nc2ccc3oc(-c4cc(I)ccc4Cl)nc3c2)c1. The smallest absolute Gasteiger partial charge is 0.255 e. The van der Waals surface area contributed by atoms with Crippen molar-refractivity contribution in [3.63, 3.8) is 0 Å². The quantitative estimate of drug-likeness (QED) is 0.346. The lowest BCUT2D eigenvalue weighted by molar-refractivity contribution is 0.102. The lowest BCUT2D eigenvalue weighted by Crippen LogP contribution is -2.11. The van der Waals surface area contributed by atoms with E-state index in [9.17, 15) is 4.79 Å². The molecular formula is C21H14ClIN2O3. The number of benzene rings is 3. The molecule has 1 aromatic heterocycles. The van der Waals surface area contributed by atoms with Crippen LogP contribution in [0.3, 0.4) is 0 Å². The van der Waals surface area contributed by atoms with Crippen LogP contribution in [0.4, 0.5) is 5.69 Å². The van der Waals surface area contributed by atoms with Gasteiger partial charge in [0.2, 0.25) is 5.89 Å². The van der Waals surface area contributed by atoms with E-state index < -0.39 is 0 Å². The van der Waals surface area contributed by atoms with Crippen LogP contribution in [-0.4, -0.2) is 18.0 Å². The molecule has 0 spiro atoms. The molecule has 0 aliphatic rings. The van der Waals surface area contributed by atoms with Crippen molar-refractivity contribution in [1.29, 1.82) is 0 Å². The second kappa shape index (κ2) is 7.81. The molecule has 0 radical (unpaired) electrons. The molecule has 0 bridgehead atoms. The largest absolute Gasteiger partial charge is 0.497 e. The number of ether oxygens (including phenoxy) is 1. The van der Waals surface area contributed by atoms with Gasteiger partial charge >= 0.3 is 0 Å². The molecule has 1 N–H and O–H groups in total. The summed E-state index contributed by atoms with van der Waals surface area (Å²) in [7, 11) is 1.56. The van der Waals surface area contributed by atoms with Crippen molar-refractivity contribution in [2.75, 3.05) is 12.4 Å². The predicted octanol–water partition coefficient (Wildman–Crippen LogP) is 6.01. The Morgan fingerprint density at radius 3 is 2.82 bits per heavy atom. The first-order valence-corrected chi connectivity index (χ1v) is 9.80. The van der Waals surface area contributed by atoms with E-state index in [0.29, 0.717) is 39.0 Å². The van der Waals surface area contributed by atoms with Crippen molar-refractivity contribution in [2.24, 2.45) is 0 Å². The van der Waals surface area contributed by atoms with Gasteiger partial charge in [0.05, 0.1) is 17.7 Å². The fraction of sp³-hybridized carbons (Fsp3) is 0.0476. The second-order valence-corrected chi connectivity index (χ2v) is 7.66. The third-order valence-corrected chi connectivity index (χ3v) is 5.14. The van der Waals surface area contributed by atoms with E-state index in [4.69, 9.17) is 20.8 Å². The molecule has 140 valence electrons. The van der Waals surface area contributed by atoms with Crippen LogP contribution < -0.4 is 10.1 Å². The first-order valence-electron chi connectivity index (χ1n) is 8.35. The highest BCUT2D eigenvalue weighted by molar-refractivity contribution is 14.1. The number of carbonyl (C=O) groups excluding carboxylic acids is 1. The van der Waals surface area contributed by atoms with Gasteiger partial charge in [0.25, 0.3) is 5.91 Å². The molecule has 1 heterocycles. The summed E-state index contributed by atoms with van der Waals surface area (Å²) in [6.07, 6.45) is 0. The van der Waals surface area contributed by atoms with Gasteiger partial charge in [-0.1, -0.05) is 17.7 Å². The van der Waals surface area contributed by atoms with Gasteiger partial charge in [0.15, 0.2) is 5.58 Å². The van der Waals surface area contributed by atoms with Crippen LogP contribution in [0.15, 0.2) is 65.1 Å². The number of rotatable bonds is 4. The normalized spacial score (nSPS) is 10.8. The Morgan fingerprint density at radius 1 is 1.14 bits per heavy atom. The van der Waals surface area contributed by atoms with Crippen LogP contribution in [0.2, 0.25) is 5.02 Å². The third-order valence-electron chi connectivity index (χ3n) is 4.14. The minimum absolute atomic E-state index is 0.234. The van der Waals surface area contributed by atoms with Crippen molar-refractivity contribution >= 4 is 56.9 Å². The maximum atomic E-state index is 12.5. The van der Waals surface area contributed by atoms with Crippen LogP contribution in [0.1, 0.15) is 10.4 Å². The van der Waals surface area contributed by atoms with Gasteiger partial charge in [0.1, 0.15) is 11.3 Å². The highest BCUT2D eigenvalue weighted by Gasteiger charge is 2.14. The topological polar surface area (TPSA) is 64.4 Å². The Hall–Kier alpha value is -2.58. The molecule has 0 saturated heterocycles. The third kappa shape index (κ3) is 3.83. The Kier molecular flexibility index (Phi) is 5.23. The van der Waals surface area contributed by atoms with Gasteiger partial charge in [-0.2, -0.15) is 0 Å². The highest BCUT2D eigenvalue weighted by atomic mass is 127. The van der Waals surface area contributed by atoms with E-state index >= 15 is 0 Å². The van der Waals surface area contributed by atoms with E-state index in [1.165, 1.54) is 0 Å². The van der Waals surface area contributed by atoms with Gasteiger partial charge < -0.3 is 14.5 Å². The number of aromatic nitrogens is 1. The van der Waals surface area contributed by atoms with Gasteiger partial charge in [-0.15, -0.1) is 0 Å². The second-order valence-electron chi connectivity index (χ2n) is 6.01. The number of nitrogens with one attached hydrogen (secondary N) is 1. The summed E-state index contributed by atoms with van der Waals surface area (Å²) in [5.74, 6) is 0.830. The zero-order chi connectivity index (χ0) is 19.7. The molecule has 1 amide bonds. The molecule has 28 heavy (non-hydrogen) atoms. The number of fused-ring (bicyclic) bond motifs is 1. The molecule has 3 aromatic carbocycles. The van der Waals surface area contributed by atoms with Crippen molar-refractivity contribution < 1.29 is 13.9 Å². The minimum atomic E-state index is -0.234. The van der Waals surface area contributed by atoms with Crippen molar-refractivity contribution in [3.8, 4) is 17.2 Å². The average molecular weight is 505 g/mol. The zero-order valence-electron chi connectivity index (χ0n) is 14.7. The molecule has 0 saturated carbocycles. The van der Waals surface area contributed by atoms with Crippen LogP contribution in [0, 0.1) is 3.57 Å². The lowest BCUT2D eigenvalue weighted by Gasteiger charge is -2.06. The number of carbonyl (C=O) groups is 1. The Bertz CT molecular complexity index is 1190. The van der Waals surface area contributed by atoms with Crippen LogP contribution >= 0.6 is 34.2 Å². The van der Waals surface area contributed by atoms with E-state index in [1.54, 1.807) is 49.6 Å². The lowest BCUT2D eigenvalue weighted by atomic mass is 10.2. The molecule has 0 atom stereocenters. The molecule has 5 nitrogen and oxygen atoms in total. The number of anilines is 1. The summed E-state index contributed by atoms with van der Waals surface area (Å²) in [6.45, 7) is 0. The van der Waals surface area contributed by atoms with Crippen LogP contribution in [0.25, 0.3) is 22.6 Å². The maximum absolute atomic E-state index is 12.5. The number of amides is 1. The molecule has 4 aromatic rings. The van der Waals surface area contributed by atoms with E-state index in [1.807, 2.05) is 18.2 Å². The minimum Gasteiger partial charge on any atom is -0.497 e. The number of hydrogen-bond donors (Lipinski definition) is 1. The van der Waals surface area contributed by atoms with E-state index in [2.05, 4.69) is 32.9 Å². The number of hydrogen-bond acceptors (Lipinski definition) is 4. The summed E-state index contributed by atoms with van der Waals surface area (Å²) >= 11 is 8.49. The molecule has 0 unspecified atom stereocenters. The summed E-state index contributed by atoms with van der Waals surface area (Å²) in [5.41, 5.74) is 3.10. The molecule has 0 aliphatic heterocycles. The van der Waals surface area contributed by atoms with Crippen molar-refractivity contribution in [2.45, 2.75) is 0 Å². The van der Waals surface area contributed by atoms with Crippen molar-refractivity contribution in [1.82, 2.24) is 4.98 Å². The molecular weight excluding hydrogens is 491 g/mol. The predicted molar refractivity (Wildman–Crippen MR) is 118 cm³/mol. The molecule has 7 heteroatoms. The van der Waals surface area contributed by atoms with Crippen molar-refractivity contribution in [3.05, 3.63) is 74.8 Å². The summed E-state index contributed by atoms with van der Waals surface area (Å²) < 4.78 is 12.0. The zero-order valence-corrected chi connectivity index (χ0v) is 17.6. The van der Waals surface area contributed by atoms with Gasteiger partial charge in [-0.25, -0.2) is 4.98 Å². The number of oxazole rings is 1. The van der Waals surface area contributed by atoms with Crippen LogP contribution in [-0.2, 0) is 0 Å².